The molecule has 0 radical (unpaired) electrons. The molecule has 1 atom stereocenters. The van der Waals surface area contributed by atoms with Crippen molar-refractivity contribution in [2.24, 2.45) is 0 Å². The third kappa shape index (κ3) is 3.79. The van der Waals surface area contributed by atoms with Gasteiger partial charge >= 0.3 is 0 Å². The Balaban J connectivity index is 1.81. The minimum absolute atomic E-state index is 0.118. The predicted molar refractivity (Wildman–Crippen MR) is 94.7 cm³/mol. The summed E-state index contributed by atoms with van der Waals surface area (Å²) >= 11 is 0. The van der Waals surface area contributed by atoms with Crippen LogP contribution in [-0.4, -0.2) is 41.7 Å². The van der Waals surface area contributed by atoms with Gasteiger partial charge in [0.15, 0.2) is 0 Å². The van der Waals surface area contributed by atoms with Gasteiger partial charge in [0, 0.05) is 18.7 Å². The first kappa shape index (κ1) is 17.4. The number of carbonyl (C=O) groups excluding carboxylic acids is 1. The smallest absolute Gasteiger partial charge is 0.251 e. The highest BCUT2D eigenvalue weighted by Gasteiger charge is 2.30. The Morgan fingerprint density at radius 3 is 2.96 bits per heavy atom. The van der Waals surface area contributed by atoms with Crippen molar-refractivity contribution in [2.45, 2.75) is 32.3 Å². The van der Waals surface area contributed by atoms with E-state index in [0.29, 0.717) is 18.0 Å². The molecule has 6 heteroatoms. The number of hydrogen-bond acceptors (Lipinski definition) is 5. The third-order valence-corrected chi connectivity index (χ3v) is 4.53. The fraction of sp³-hybridized carbons (Fsp3) is 0.421. The number of methoxy groups -OCH3 is 1. The first-order chi connectivity index (χ1) is 12.0. The maximum atomic E-state index is 12.5. The van der Waals surface area contributed by atoms with E-state index in [4.69, 9.17) is 9.47 Å². The van der Waals surface area contributed by atoms with Crippen LogP contribution < -0.4 is 10.1 Å². The number of aryl methyl sites for hydroxylation is 1. The Morgan fingerprint density at radius 1 is 1.40 bits per heavy atom. The molecule has 3 rings (SSSR count). The molecule has 0 unspecified atom stereocenters. The molecule has 1 N–H and O–H groups in total. The summed E-state index contributed by atoms with van der Waals surface area (Å²) in [6.45, 7) is 5.19. The molecular formula is C19H23N3O3. The fourth-order valence-electron chi connectivity index (χ4n) is 3.10. The molecule has 0 bridgehead atoms. The number of amides is 1. The van der Waals surface area contributed by atoms with Crippen molar-refractivity contribution in [2.75, 3.05) is 20.3 Å². The second-order valence-electron chi connectivity index (χ2n) is 6.51. The lowest BCUT2D eigenvalue weighted by atomic mass is 10.0. The molecule has 132 valence electrons. The van der Waals surface area contributed by atoms with Gasteiger partial charge in [-0.3, -0.25) is 4.79 Å². The second-order valence-corrected chi connectivity index (χ2v) is 6.51. The van der Waals surface area contributed by atoms with Crippen molar-refractivity contribution in [1.82, 2.24) is 15.3 Å². The average molecular weight is 341 g/mol. The van der Waals surface area contributed by atoms with E-state index in [1.807, 2.05) is 32.0 Å². The topological polar surface area (TPSA) is 73.3 Å². The zero-order valence-corrected chi connectivity index (χ0v) is 14.8. The normalized spacial score (nSPS) is 19.6. The molecule has 1 aliphatic rings. The van der Waals surface area contributed by atoms with Gasteiger partial charge in [-0.25, -0.2) is 9.97 Å². The molecule has 0 saturated carbocycles. The Morgan fingerprint density at radius 2 is 2.24 bits per heavy atom. The number of ether oxygens (including phenoxy) is 2. The van der Waals surface area contributed by atoms with Crippen LogP contribution >= 0.6 is 0 Å². The quantitative estimate of drug-likeness (QED) is 0.905. The summed E-state index contributed by atoms with van der Waals surface area (Å²) in [4.78, 5) is 20.9. The van der Waals surface area contributed by atoms with Crippen molar-refractivity contribution >= 4 is 5.91 Å². The van der Waals surface area contributed by atoms with E-state index in [0.717, 1.165) is 36.3 Å². The average Bonchev–Trinajstić information content (AvgIpc) is 3.06. The molecule has 1 aromatic heterocycles. The molecule has 1 amide bonds. The van der Waals surface area contributed by atoms with E-state index in [-0.39, 0.29) is 11.5 Å². The molecule has 1 saturated heterocycles. The highest BCUT2D eigenvalue weighted by atomic mass is 16.5. The molecule has 0 spiro atoms. The summed E-state index contributed by atoms with van der Waals surface area (Å²) in [5, 5.41) is 2.98. The van der Waals surface area contributed by atoms with Gasteiger partial charge in [-0.15, -0.1) is 0 Å². The number of carbonyl (C=O) groups is 1. The van der Waals surface area contributed by atoms with Gasteiger partial charge in [-0.2, -0.15) is 0 Å². The number of hydrogen-bond donors (Lipinski definition) is 1. The van der Waals surface area contributed by atoms with Crippen molar-refractivity contribution < 1.29 is 14.3 Å². The van der Waals surface area contributed by atoms with Gasteiger partial charge < -0.3 is 14.8 Å². The molecule has 2 heterocycles. The molecule has 25 heavy (non-hydrogen) atoms. The number of nitrogens with zero attached hydrogens (tertiary/aromatic N) is 2. The highest BCUT2D eigenvalue weighted by Crippen LogP contribution is 2.30. The van der Waals surface area contributed by atoms with E-state index in [9.17, 15) is 4.79 Å². The zero-order chi connectivity index (χ0) is 17.9. The minimum atomic E-state index is -0.264. The van der Waals surface area contributed by atoms with Gasteiger partial charge in [-0.05, 0) is 44.4 Å². The Labute approximate surface area is 147 Å². The summed E-state index contributed by atoms with van der Waals surface area (Å²) in [5.74, 6) is 0.379. The molecule has 2 aromatic rings. The molecular weight excluding hydrogens is 318 g/mol. The van der Waals surface area contributed by atoms with Crippen LogP contribution in [0.25, 0.3) is 11.1 Å². The molecule has 0 aliphatic carbocycles. The van der Waals surface area contributed by atoms with Crippen LogP contribution in [0.1, 0.15) is 35.8 Å². The van der Waals surface area contributed by atoms with Crippen LogP contribution in [0.2, 0.25) is 0 Å². The van der Waals surface area contributed by atoms with Gasteiger partial charge in [-0.1, -0.05) is 12.1 Å². The number of rotatable bonds is 5. The summed E-state index contributed by atoms with van der Waals surface area (Å²) in [7, 11) is 1.57. The van der Waals surface area contributed by atoms with Crippen LogP contribution in [0.3, 0.4) is 0 Å². The lowest BCUT2D eigenvalue weighted by Crippen LogP contribution is -2.40. The third-order valence-electron chi connectivity index (χ3n) is 4.53. The standard InChI is InChI=1S/C19H23N3O3/c1-13-16(18(24-3)22-12-21-13)14-6-4-7-15(10-14)17(23)20-11-19(2)8-5-9-25-19/h4,6-7,10,12H,5,8-9,11H2,1-3H3,(H,20,23)/t19-/m0/s1. The molecule has 6 nitrogen and oxygen atoms in total. The first-order valence-corrected chi connectivity index (χ1v) is 8.40. The van der Waals surface area contributed by atoms with E-state index in [2.05, 4.69) is 15.3 Å². The van der Waals surface area contributed by atoms with Crippen LogP contribution in [-0.2, 0) is 4.74 Å². The lowest BCUT2D eigenvalue weighted by Gasteiger charge is -2.23. The van der Waals surface area contributed by atoms with E-state index in [1.54, 1.807) is 13.2 Å². The van der Waals surface area contributed by atoms with Crippen LogP contribution in [0.4, 0.5) is 0 Å². The fourth-order valence-corrected chi connectivity index (χ4v) is 3.10. The highest BCUT2D eigenvalue weighted by molar-refractivity contribution is 5.95. The Kier molecular flexibility index (Phi) is 4.99. The summed E-state index contributed by atoms with van der Waals surface area (Å²) < 4.78 is 11.1. The van der Waals surface area contributed by atoms with Gasteiger partial charge in [0.1, 0.15) is 6.33 Å². The summed E-state index contributed by atoms with van der Waals surface area (Å²) in [6.07, 6.45) is 3.47. The Hall–Kier alpha value is -2.47. The maximum Gasteiger partial charge on any atom is 0.251 e. The van der Waals surface area contributed by atoms with Crippen LogP contribution in [0.5, 0.6) is 5.88 Å². The van der Waals surface area contributed by atoms with E-state index < -0.39 is 0 Å². The SMILES string of the molecule is COc1ncnc(C)c1-c1cccc(C(=O)NC[C@]2(C)CCCO2)c1. The molecule has 1 aliphatic heterocycles. The first-order valence-electron chi connectivity index (χ1n) is 8.40. The molecule has 1 fully saturated rings. The van der Waals surface area contributed by atoms with Gasteiger partial charge in [0.25, 0.3) is 5.91 Å². The predicted octanol–water partition coefficient (Wildman–Crippen LogP) is 2.76. The zero-order valence-electron chi connectivity index (χ0n) is 14.8. The Bertz CT molecular complexity index is 770. The lowest BCUT2D eigenvalue weighted by molar-refractivity contribution is 0.0206. The number of nitrogens with one attached hydrogen (secondary N) is 1. The maximum absolute atomic E-state index is 12.5. The molecule has 1 aromatic carbocycles. The second kappa shape index (κ2) is 7.19. The summed E-state index contributed by atoms with van der Waals surface area (Å²) in [5.41, 5.74) is 2.78. The number of benzene rings is 1. The van der Waals surface area contributed by atoms with Gasteiger partial charge in [0.05, 0.1) is 24.0 Å². The van der Waals surface area contributed by atoms with Crippen molar-refractivity contribution in [3.63, 3.8) is 0 Å². The van der Waals surface area contributed by atoms with Crippen molar-refractivity contribution in [3.8, 4) is 17.0 Å². The van der Waals surface area contributed by atoms with Crippen molar-refractivity contribution in [3.05, 3.63) is 41.9 Å². The van der Waals surface area contributed by atoms with Crippen LogP contribution in [0.15, 0.2) is 30.6 Å². The minimum Gasteiger partial charge on any atom is -0.480 e. The largest absolute Gasteiger partial charge is 0.480 e. The summed E-state index contributed by atoms with van der Waals surface area (Å²) in [6, 6.07) is 7.40. The van der Waals surface area contributed by atoms with E-state index in [1.165, 1.54) is 6.33 Å². The van der Waals surface area contributed by atoms with Gasteiger partial charge in [0.2, 0.25) is 5.88 Å². The monoisotopic (exact) mass is 341 g/mol. The van der Waals surface area contributed by atoms with Crippen molar-refractivity contribution in [1.29, 1.82) is 0 Å². The van der Waals surface area contributed by atoms with E-state index >= 15 is 0 Å². The number of aromatic nitrogens is 2. The van der Waals surface area contributed by atoms with Crippen LogP contribution in [0, 0.1) is 6.92 Å².